The van der Waals surface area contributed by atoms with Crippen LogP contribution >= 0.6 is 0 Å². The van der Waals surface area contributed by atoms with Gasteiger partial charge in [0.05, 0.1) is 19.8 Å². The standard InChI is InChI=1S/C16H20N6O2/c1-3-24-13-9-11(5-6-12(13)23-2)15(17)16-19-14(20-21-16)10-22-8-4-7-18-22/h4-9,15H,3,10,17H2,1-2H3,(H,19,20,21)/t15-/m1/s1. The summed E-state index contributed by atoms with van der Waals surface area (Å²) in [5.74, 6) is 2.54. The smallest absolute Gasteiger partial charge is 0.171 e. The second-order valence-corrected chi connectivity index (χ2v) is 5.16. The molecule has 2 heterocycles. The van der Waals surface area contributed by atoms with Crippen molar-refractivity contribution < 1.29 is 9.47 Å². The van der Waals surface area contributed by atoms with Gasteiger partial charge in [-0.1, -0.05) is 6.07 Å². The van der Waals surface area contributed by atoms with Crippen LogP contribution in [-0.4, -0.2) is 38.7 Å². The Bertz CT molecular complexity index is 784. The van der Waals surface area contributed by atoms with E-state index >= 15 is 0 Å². The van der Waals surface area contributed by atoms with Gasteiger partial charge in [0.1, 0.15) is 12.4 Å². The van der Waals surface area contributed by atoms with E-state index in [1.54, 1.807) is 18.0 Å². The number of nitrogens with zero attached hydrogens (tertiary/aromatic N) is 4. The Morgan fingerprint density at radius 1 is 1.33 bits per heavy atom. The van der Waals surface area contributed by atoms with Gasteiger partial charge in [-0.25, -0.2) is 4.98 Å². The number of nitrogens with one attached hydrogen (secondary N) is 1. The molecule has 126 valence electrons. The largest absolute Gasteiger partial charge is 0.493 e. The van der Waals surface area contributed by atoms with Crippen molar-refractivity contribution in [3.05, 3.63) is 53.9 Å². The van der Waals surface area contributed by atoms with E-state index in [4.69, 9.17) is 15.2 Å². The molecule has 0 aliphatic heterocycles. The molecule has 0 saturated heterocycles. The van der Waals surface area contributed by atoms with Crippen molar-refractivity contribution in [3.8, 4) is 11.5 Å². The van der Waals surface area contributed by atoms with Crippen LogP contribution < -0.4 is 15.2 Å². The molecule has 8 heteroatoms. The molecule has 24 heavy (non-hydrogen) atoms. The Morgan fingerprint density at radius 2 is 2.21 bits per heavy atom. The fourth-order valence-corrected chi connectivity index (χ4v) is 2.37. The Hall–Kier alpha value is -2.87. The second-order valence-electron chi connectivity index (χ2n) is 5.16. The first-order valence-electron chi connectivity index (χ1n) is 7.66. The third-order valence-corrected chi connectivity index (χ3v) is 3.54. The number of rotatable bonds is 7. The maximum absolute atomic E-state index is 6.30. The van der Waals surface area contributed by atoms with Crippen molar-refractivity contribution >= 4 is 0 Å². The zero-order valence-electron chi connectivity index (χ0n) is 13.6. The predicted molar refractivity (Wildman–Crippen MR) is 87.9 cm³/mol. The summed E-state index contributed by atoms with van der Waals surface area (Å²) in [6, 6.07) is 6.97. The number of hydrogen-bond acceptors (Lipinski definition) is 6. The third-order valence-electron chi connectivity index (χ3n) is 3.54. The Balaban J connectivity index is 1.80. The fourth-order valence-electron chi connectivity index (χ4n) is 2.37. The molecular formula is C16H20N6O2. The molecular weight excluding hydrogens is 308 g/mol. The van der Waals surface area contributed by atoms with Crippen LogP contribution in [0.1, 0.15) is 30.2 Å². The maximum Gasteiger partial charge on any atom is 0.171 e. The summed E-state index contributed by atoms with van der Waals surface area (Å²) in [5.41, 5.74) is 7.15. The minimum atomic E-state index is -0.460. The first-order valence-corrected chi connectivity index (χ1v) is 7.66. The van der Waals surface area contributed by atoms with E-state index in [0.29, 0.717) is 36.3 Å². The molecule has 0 saturated carbocycles. The van der Waals surface area contributed by atoms with E-state index < -0.39 is 6.04 Å². The molecule has 0 bridgehead atoms. The van der Waals surface area contributed by atoms with Crippen LogP contribution in [0, 0.1) is 0 Å². The second kappa shape index (κ2) is 7.14. The number of methoxy groups -OCH3 is 1. The topological polar surface area (TPSA) is 104 Å². The monoisotopic (exact) mass is 328 g/mol. The Morgan fingerprint density at radius 3 is 2.92 bits per heavy atom. The first kappa shape index (κ1) is 16.0. The van der Waals surface area contributed by atoms with Gasteiger partial charge >= 0.3 is 0 Å². The number of benzene rings is 1. The SMILES string of the molecule is CCOc1cc([C@@H](N)c2n[nH]c(Cn3cccn3)n2)ccc1OC. The van der Waals surface area contributed by atoms with Gasteiger partial charge in [-0.15, -0.1) is 0 Å². The van der Waals surface area contributed by atoms with E-state index in [1.807, 2.05) is 37.4 Å². The Kier molecular flexibility index (Phi) is 4.76. The molecule has 0 aliphatic carbocycles. The summed E-state index contributed by atoms with van der Waals surface area (Å²) in [6.45, 7) is 2.98. The average molecular weight is 328 g/mol. The van der Waals surface area contributed by atoms with Crippen LogP contribution in [0.3, 0.4) is 0 Å². The molecule has 8 nitrogen and oxygen atoms in total. The van der Waals surface area contributed by atoms with E-state index in [2.05, 4.69) is 20.3 Å². The number of H-pyrrole nitrogens is 1. The molecule has 3 rings (SSSR count). The quantitative estimate of drug-likeness (QED) is 0.681. The summed E-state index contributed by atoms with van der Waals surface area (Å²) in [4.78, 5) is 4.46. The number of aromatic nitrogens is 5. The van der Waals surface area contributed by atoms with Crippen molar-refractivity contribution in [1.82, 2.24) is 25.0 Å². The lowest BCUT2D eigenvalue weighted by Crippen LogP contribution is -2.14. The maximum atomic E-state index is 6.30. The summed E-state index contributed by atoms with van der Waals surface area (Å²) < 4.78 is 12.6. The highest BCUT2D eigenvalue weighted by Crippen LogP contribution is 2.30. The van der Waals surface area contributed by atoms with Crippen molar-refractivity contribution in [3.63, 3.8) is 0 Å². The lowest BCUT2D eigenvalue weighted by atomic mass is 10.1. The molecule has 1 atom stereocenters. The fraction of sp³-hybridized carbons (Fsp3) is 0.312. The normalized spacial score (nSPS) is 12.1. The molecule has 0 aliphatic rings. The zero-order chi connectivity index (χ0) is 16.9. The number of aromatic amines is 1. The van der Waals surface area contributed by atoms with Gasteiger partial charge < -0.3 is 15.2 Å². The lowest BCUT2D eigenvalue weighted by Gasteiger charge is -2.13. The number of ether oxygens (including phenoxy) is 2. The first-order chi connectivity index (χ1) is 11.7. The van der Waals surface area contributed by atoms with Crippen LogP contribution in [0.5, 0.6) is 11.5 Å². The molecule has 0 amide bonds. The summed E-state index contributed by atoms with van der Waals surface area (Å²) in [5, 5.41) is 11.3. The molecule has 0 unspecified atom stereocenters. The highest BCUT2D eigenvalue weighted by Gasteiger charge is 2.17. The van der Waals surface area contributed by atoms with E-state index in [-0.39, 0.29) is 0 Å². The third kappa shape index (κ3) is 3.38. The van der Waals surface area contributed by atoms with Gasteiger partial charge in [-0.2, -0.15) is 10.2 Å². The van der Waals surface area contributed by atoms with Crippen LogP contribution in [0.2, 0.25) is 0 Å². The lowest BCUT2D eigenvalue weighted by molar-refractivity contribution is 0.310. The molecule has 0 fully saturated rings. The van der Waals surface area contributed by atoms with Gasteiger partial charge in [-0.3, -0.25) is 9.78 Å². The van der Waals surface area contributed by atoms with Crippen LogP contribution in [0.25, 0.3) is 0 Å². The molecule has 3 aromatic rings. The molecule has 0 spiro atoms. The van der Waals surface area contributed by atoms with Gasteiger partial charge in [0.25, 0.3) is 0 Å². The highest BCUT2D eigenvalue weighted by atomic mass is 16.5. The molecule has 1 aromatic carbocycles. The predicted octanol–water partition coefficient (Wildman–Crippen LogP) is 1.50. The van der Waals surface area contributed by atoms with Gasteiger partial charge in [0.2, 0.25) is 0 Å². The van der Waals surface area contributed by atoms with E-state index in [9.17, 15) is 0 Å². The van der Waals surface area contributed by atoms with Gasteiger partial charge in [-0.05, 0) is 30.7 Å². The number of nitrogens with two attached hydrogens (primary N) is 1. The highest BCUT2D eigenvalue weighted by molar-refractivity contribution is 5.44. The van der Waals surface area contributed by atoms with Crippen molar-refractivity contribution in [1.29, 1.82) is 0 Å². The van der Waals surface area contributed by atoms with Crippen molar-refractivity contribution in [2.24, 2.45) is 5.73 Å². The number of hydrogen-bond donors (Lipinski definition) is 2. The minimum Gasteiger partial charge on any atom is -0.493 e. The zero-order valence-corrected chi connectivity index (χ0v) is 13.6. The van der Waals surface area contributed by atoms with Crippen LogP contribution in [-0.2, 0) is 6.54 Å². The summed E-state index contributed by atoms with van der Waals surface area (Å²) in [6.07, 6.45) is 3.58. The van der Waals surface area contributed by atoms with Gasteiger partial charge in [0.15, 0.2) is 17.3 Å². The Labute approximate surface area is 139 Å². The summed E-state index contributed by atoms with van der Waals surface area (Å²) >= 11 is 0. The van der Waals surface area contributed by atoms with Crippen LogP contribution in [0.4, 0.5) is 0 Å². The van der Waals surface area contributed by atoms with Crippen LogP contribution in [0.15, 0.2) is 36.7 Å². The molecule has 2 aromatic heterocycles. The molecule has 0 radical (unpaired) electrons. The van der Waals surface area contributed by atoms with Crippen molar-refractivity contribution in [2.75, 3.05) is 13.7 Å². The van der Waals surface area contributed by atoms with E-state index in [1.165, 1.54) is 0 Å². The summed E-state index contributed by atoms with van der Waals surface area (Å²) in [7, 11) is 1.61. The molecule has 3 N–H and O–H groups in total. The minimum absolute atomic E-state index is 0.460. The van der Waals surface area contributed by atoms with Gasteiger partial charge in [0, 0.05) is 12.4 Å². The van der Waals surface area contributed by atoms with Crippen molar-refractivity contribution in [2.45, 2.75) is 19.5 Å². The average Bonchev–Trinajstić information content (AvgIpc) is 3.27. The van der Waals surface area contributed by atoms with E-state index in [0.717, 1.165) is 5.56 Å².